The average molecular weight is 406 g/mol. The molecule has 2 aliphatic heterocycles. The zero-order valence-electron chi connectivity index (χ0n) is 15.0. The van der Waals surface area contributed by atoms with Crippen LogP contribution in [0.4, 0.5) is 33.7 Å². The highest BCUT2D eigenvalue weighted by molar-refractivity contribution is 5.70. The quantitative estimate of drug-likeness (QED) is 0.554. The molecule has 1 saturated carbocycles. The van der Waals surface area contributed by atoms with Gasteiger partial charge in [-0.2, -0.15) is 18.2 Å². The molecule has 3 heterocycles. The Kier molecular flexibility index (Phi) is 4.58. The summed E-state index contributed by atoms with van der Waals surface area (Å²) in [5, 5.41) is 0. The molecule has 3 fully saturated rings. The summed E-state index contributed by atoms with van der Waals surface area (Å²) in [6.45, 7) is 1.14. The molecule has 0 amide bonds. The van der Waals surface area contributed by atoms with Crippen LogP contribution in [0.3, 0.4) is 0 Å². The fourth-order valence-corrected chi connectivity index (χ4v) is 4.19. The second kappa shape index (κ2) is 6.70. The molecule has 1 aromatic heterocycles. The number of aromatic nitrogens is 2. The number of piperidine rings is 1. The maximum absolute atomic E-state index is 13.3. The molecule has 0 radical (unpaired) electrons. The smallest absolute Gasteiger partial charge is 0.433 e. The predicted octanol–water partition coefficient (Wildman–Crippen LogP) is 2.58. The van der Waals surface area contributed by atoms with Crippen molar-refractivity contribution in [1.29, 1.82) is 0 Å². The van der Waals surface area contributed by atoms with Crippen LogP contribution in [0, 0.1) is 17.8 Å². The fraction of sp³-hybridized carbons (Fsp3) is 0.706. The first kappa shape index (κ1) is 19.1. The van der Waals surface area contributed by atoms with E-state index in [4.69, 9.17) is 0 Å². The first-order chi connectivity index (χ1) is 13.2. The molecular formula is C17H19F5N4O2. The Bertz CT molecular complexity index is 762. The normalized spacial score (nSPS) is 29.0. The Labute approximate surface area is 157 Å². The van der Waals surface area contributed by atoms with E-state index in [0.29, 0.717) is 19.5 Å². The third-order valence-electron chi connectivity index (χ3n) is 5.93. The van der Waals surface area contributed by atoms with Crippen LogP contribution in [0.1, 0.15) is 18.5 Å². The fourth-order valence-electron chi connectivity index (χ4n) is 4.19. The van der Waals surface area contributed by atoms with E-state index in [-0.39, 0.29) is 48.5 Å². The van der Waals surface area contributed by atoms with Crippen molar-refractivity contribution in [1.82, 2.24) is 9.97 Å². The van der Waals surface area contributed by atoms with Crippen LogP contribution in [-0.2, 0) is 15.7 Å². The molecule has 1 aromatic rings. The lowest BCUT2D eigenvalue weighted by molar-refractivity contribution is -0.142. The molecule has 0 spiro atoms. The highest BCUT2D eigenvalue weighted by atomic mass is 19.4. The molecule has 4 rings (SSSR count). The minimum atomic E-state index is -4.70. The van der Waals surface area contributed by atoms with Gasteiger partial charge in [-0.1, -0.05) is 0 Å². The summed E-state index contributed by atoms with van der Waals surface area (Å²) >= 11 is 0. The number of alkyl halides is 5. The van der Waals surface area contributed by atoms with E-state index < -0.39 is 24.3 Å². The van der Waals surface area contributed by atoms with Crippen molar-refractivity contribution in [2.24, 2.45) is 17.8 Å². The molecule has 0 aromatic carbocycles. The summed E-state index contributed by atoms with van der Waals surface area (Å²) in [6, 6.07) is -0.298. The van der Waals surface area contributed by atoms with Gasteiger partial charge < -0.3 is 14.5 Å². The molecule has 4 atom stereocenters. The predicted molar refractivity (Wildman–Crippen MR) is 88.1 cm³/mol. The number of nitrogens with zero attached hydrogens (tertiary/aromatic N) is 4. The first-order valence-corrected chi connectivity index (χ1v) is 9.02. The van der Waals surface area contributed by atoms with E-state index >= 15 is 0 Å². The highest BCUT2D eigenvalue weighted by Crippen LogP contribution is 2.54. The first-order valence-electron chi connectivity index (χ1n) is 9.02. The third kappa shape index (κ3) is 3.35. The summed E-state index contributed by atoms with van der Waals surface area (Å²) in [7, 11) is 1.32. The van der Waals surface area contributed by atoms with Gasteiger partial charge in [0.15, 0.2) is 5.69 Å². The number of ether oxygens (including phenoxy) is 1. The maximum Gasteiger partial charge on any atom is 0.433 e. The van der Waals surface area contributed by atoms with E-state index in [0.717, 1.165) is 11.0 Å². The minimum Gasteiger partial charge on any atom is -0.469 e. The number of hydrogen-bond acceptors (Lipinski definition) is 6. The molecule has 6 nitrogen and oxygen atoms in total. The number of carbonyl (C=O) groups is 1. The zero-order chi connectivity index (χ0) is 20.2. The summed E-state index contributed by atoms with van der Waals surface area (Å²) in [6.07, 6.45) is -6.88. The number of anilines is 2. The standard InChI is InChI=1S/C17H19F5N4O2/c1-28-14(27)4-8-9-6-25(7-10(8)9)13-5-12(17(20,21)22)23-16(24-13)26-3-2-11(26)15(18)19/h5,8-11,15H,2-4,6-7H2,1H3/t8?,9-,10+,11?. The second-order valence-electron chi connectivity index (χ2n) is 7.47. The topological polar surface area (TPSA) is 58.6 Å². The molecule has 3 aliphatic rings. The van der Waals surface area contributed by atoms with Gasteiger partial charge in [0.05, 0.1) is 13.2 Å². The molecule has 11 heteroatoms. The number of methoxy groups -OCH3 is 1. The molecule has 2 unspecified atom stereocenters. The van der Waals surface area contributed by atoms with Crippen LogP contribution in [0.25, 0.3) is 0 Å². The third-order valence-corrected chi connectivity index (χ3v) is 5.93. The summed E-state index contributed by atoms with van der Waals surface area (Å²) in [4.78, 5) is 21.9. The van der Waals surface area contributed by atoms with E-state index in [1.54, 1.807) is 4.90 Å². The SMILES string of the molecule is COC(=O)CC1[C@H]2CN(c3cc(C(F)(F)F)nc(N4CCC4C(F)F)n3)C[C@@H]12. The molecular weight excluding hydrogens is 387 g/mol. The van der Waals surface area contributed by atoms with Crippen molar-refractivity contribution in [3.8, 4) is 0 Å². The van der Waals surface area contributed by atoms with Gasteiger partial charge in [0.25, 0.3) is 6.43 Å². The van der Waals surface area contributed by atoms with Crippen LogP contribution in [0.15, 0.2) is 6.07 Å². The van der Waals surface area contributed by atoms with E-state index in [1.165, 1.54) is 7.11 Å². The zero-order valence-corrected chi connectivity index (χ0v) is 15.0. The maximum atomic E-state index is 13.3. The van der Waals surface area contributed by atoms with Gasteiger partial charge in [0.1, 0.15) is 5.82 Å². The Balaban J connectivity index is 1.53. The van der Waals surface area contributed by atoms with Gasteiger partial charge in [-0.3, -0.25) is 4.79 Å². The summed E-state index contributed by atoms with van der Waals surface area (Å²) in [5.74, 6) is 0.0415. The number of esters is 1. The molecule has 0 bridgehead atoms. The Hall–Kier alpha value is -2.20. The molecule has 154 valence electrons. The van der Waals surface area contributed by atoms with Gasteiger partial charge >= 0.3 is 12.1 Å². The highest BCUT2D eigenvalue weighted by Gasteiger charge is 2.56. The van der Waals surface area contributed by atoms with Crippen LogP contribution in [0.2, 0.25) is 0 Å². The van der Waals surface area contributed by atoms with E-state index in [9.17, 15) is 26.7 Å². The molecule has 2 saturated heterocycles. The van der Waals surface area contributed by atoms with Crippen LogP contribution < -0.4 is 9.80 Å². The van der Waals surface area contributed by atoms with Crippen molar-refractivity contribution >= 4 is 17.7 Å². The van der Waals surface area contributed by atoms with E-state index in [2.05, 4.69) is 14.7 Å². The lowest BCUT2D eigenvalue weighted by Gasteiger charge is -2.40. The average Bonchev–Trinajstić information content (AvgIpc) is 3.01. The summed E-state index contributed by atoms with van der Waals surface area (Å²) < 4.78 is 70.5. The van der Waals surface area contributed by atoms with Crippen molar-refractivity contribution in [2.45, 2.75) is 31.5 Å². The monoisotopic (exact) mass is 406 g/mol. The van der Waals surface area contributed by atoms with Crippen molar-refractivity contribution in [3.05, 3.63) is 11.8 Å². The Morgan fingerprint density at radius 3 is 2.46 bits per heavy atom. The lowest BCUT2D eigenvalue weighted by atomic mass is 10.1. The van der Waals surface area contributed by atoms with Crippen LogP contribution in [0.5, 0.6) is 0 Å². The van der Waals surface area contributed by atoms with Crippen LogP contribution >= 0.6 is 0 Å². The molecule has 1 aliphatic carbocycles. The number of hydrogen-bond donors (Lipinski definition) is 0. The Morgan fingerprint density at radius 2 is 1.96 bits per heavy atom. The van der Waals surface area contributed by atoms with Crippen molar-refractivity contribution < 1.29 is 31.5 Å². The van der Waals surface area contributed by atoms with Gasteiger partial charge in [-0.05, 0) is 24.2 Å². The molecule has 28 heavy (non-hydrogen) atoms. The van der Waals surface area contributed by atoms with Crippen LogP contribution in [-0.4, -0.2) is 55.1 Å². The lowest BCUT2D eigenvalue weighted by Crippen LogP contribution is -2.53. The summed E-state index contributed by atoms with van der Waals surface area (Å²) in [5.41, 5.74) is -1.14. The van der Waals surface area contributed by atoms with Gasteiger partial charge in [-0.25, -0.2) is 13.8 Å². The number of rotatable bonds is 5. The number of carbonyl (C=O) groups excluding carboxylic acids is 1. The molecule has 0 N–H and O–H groups in total. The second-order valence-corrected chi connectivity index (χ2v) is 7.47. The Morgan fingerprint density at radius 1 is 1.29 bits per heavy atom. The number of fused-ring (bicyclic) bond motifs is 1. The largest absolute Gasteiger partial charge is 0.469 e. The van der Waals surface area contributed by atoms with Crippen molar-refractivity contribution in [3.63, 3.8) is 0 Å². The van der Waals surface area contributed by atoms with E-state index in [1.807, 2.05) is 0 Å². The minimum absolute atomic E-state index is 0.0845. The van der Waals surface area contributed by atoms with Gasteiger partial charge in [0.2, 0.25) is 5.95 Å². The van der Waals surface area contributed by atoms with Gasteiger partial charge in [-0.15, -0.1) is 0 Å². The van der Waals surface area contributed by atoms with Crippen molar-refractivity contribution in [2.75, 3.05) is 36.5 Å². The number of halogens is 5. The van der Waals surface area contributed by atoms with Gasteiger partial charge in [0, 0.05) is 32.1 Å².